The number of halogens is 1. The van der Waals surface area contributed by atoms with Gasteiger partial charge in [0.05, 0.1) is 6.61 Å². The predicted molar refractivity (Wildman–Crippen MR) is 103 cm³/mol. The van der Waals surface area contributed by atoms with Gasteiger partial charge in [0.1, 0.15) is 17.1 Å². The maximum atomic E-state index is 12.5. The Hall–Kier alpha value is -2.12. The first-order valence-electron chi connectivity index (χ1n) is 7.79. The first kappa shape index (κ1) is 17.7. The molecule has 0 bridgehead atoms. The number of aryl methyl sites for hydroxylation is 1. The molecule has 0 spiro atoms. The zero-order valence-electron chi connectivity index (χ0n) is 13.8. The third-order valence-corrected chi connectivity index (χ3v) is 5.57. The predicted octanol–water partition coefficient (Wildman–Crippen LogP) is 4.59. The van der Waals surface area contributed by atoms with Crippen LogP contribution in [0, 0.1) is 6.92 Å². The minimum Gasteiger partial charge on any atom is -0.461 e. The van der Waals surface area contributed by atoms with Crippen molar-refractivity contribution in [1.82, 2.24) is 4.57 Å². The third kappa shape index (κ3) is 3.77. The first-order valence-corrected chi connectivity index (χ1v) is 9.46. The molecular weight excluding hydrogens is 404 g/mol. The lowest BCUT2D eigenvalue weighted by atomic mass is 10.2. The van der Waals surface area contributed by atoms with Crippen molar-refractivity contribution in [3.8, 4) is 0 Å². The van der Waals surface area contributed by atoms with E-state index in [1.807, 2.05) is 36.6 Å². The summed E-state index contributed by atoms with van der Waals surface area (Å²) in [6.07, 6.45) is 0. The molecule has 3 aromatic rings. The van der Waals surface area contributed by atoms with Gasteiger partial charge in [-0.15, -0.1) is 11.3 Å². The summed E-state index contributed by atoms with van der Waals surface area (Å²) in [6, 6.07) is 9.31. The van der Waals surface area contributed by atoms with E-state index in [9.17, 15) is 9.59 Å². The lowest BCUT2D eigenvalue weighted by Crippen LogP contribution is -2.21. The molecule has 0 unspecified atom stereocenters. The molecule has 1 N–H and O–H groups in total. The molecule has 0 saturated carbocycles. The molecule has 2 heterocycles. The Kier molecular flexibility index (Phi) is 5.24. The van der Waals surface area contributed by atoms with Crippen LogP contribution in [-0.4, -0.2) is 23.1 Å². The fourth-order valence-electron chi connectivity index (χ4n) is 2.57. The summed E-state index contributed by atoms with van der Waals surface area (Å²) in [6.45, 7) is 4.06. The number of carbonyl (C=O) groups excluding carboxylic acids is 2. The van der Waals surface area contributed by atoms with Crippen LogP contribution in [0.4, 0.5) is 5.69 Å². The molecule has 1 amide bonds. The minimum absolute atomic E-state index is 0.0489. The highest BCUT2D eigenvalue weighted by molar-refractivity contribution is 9.10. The number of hydrogen-bond donors (Lipinski definition) is 1. The maximum absolute atomic E-state index is 12.5. The fraction of sp³-hybridized carbons (Fsp3) is 0.222. The highest BCUT2D eigenvalue weighted by Crippen LogP contribution is 2.26. The largest absolute Gasteiger partial charge is 0.461 e. The Balaban J connectivity index is 1.84. The van der Waals surface area contributed by atoms with Crippen molar-refractivity contribution in [1.29, 1.82) is 0 Å². The van der Waals surface area contributed by atoms with Gasteiger partial charge in [-0.3, -0.25) is 4.79 Å². The van der Waals surface area contributed by atoms with E-state index in [0.717, 1.165) is 25.9 Å². The van der Waals surface area contributed by atoms with Gasteiger partial charge >= 0.3 is 5.97 Å². The molecule has 5 nitrogen and oxygen atoms in total. The normalized spacial score (nSPS) is 10.8. The SMILES string of the molecule is CCOC(=O)c1cc2ccsc2n1CC(=O)Nc1ccc(Br)c(C)c1. The van der Waals surface area contributed by atoms with Crippen LogP contribution in [0.3, 0.4) is 0 Å². The molecule has 130 valence electrons. The van der Waals surface area contributed by atoms with Gasteiger partial charge < -0.3 is 14.6 Å². The van der Waals surface area contributed by atoms with Crippen LogP contribution in [0.5, 0.6) is 0 Å². The number of rotatable bonds is 5. The molecule has 25 heavy (non-hydrogen) atoms. The monoisotopic (exact) mass is 420 g/mol. The van der Waals surface area contributed by atoms with Crippen LogP contribution in [0.25, 0.3) is 10.2 Å². The van der Waals surface area contributed by atoms with Crippen LogP contribution in [0.2, 0.25) is 0 Å². The average molecular weight is 421 g/mol. The summed E-state index contributed by atoms with van der Waals surface area (Å²) in [4.78, 5) is 25.5. The average Bonchev–Trinajstić information content (AvgIpc) is 3.14. The number of esters is 1. The summed E-state index contributed by atoms with van der Waals surface area (Å²) in [5.41, 5.74) is 2.15. The summed E-state index contributed by atoms with van der Waals surface area (Å²) >= 11 is 4.93. The smallest absolute Gasteiger partial charge is 0.355 e. The Labute approximate surface area is 157 Å². The zero-order chi connectivity index (χ0) is 18.0. The maximum Gasteiger partial charge on any atom is 0.355 e. The second-order valence-electron chi connectivity index (χ2n) is 5.53. The Morgan fingerprint density at radius 2 is 2.08 bits per heavy atom. The van der Waals surface area contributed by atoms with E-state index in [1.165, 1.54) is 11.3 Å². The second-order valence-corrected chi connectivity index (χ2v) is 7.28. The molecule has 0 aliphatic heterocycles. The van der Waals surface area contributed by atoms with Gasteiger partial charge in [0.15, 0.2) is 0 Å². The van der Waals surface area contributed by atoms with Crippen molar-refractivity contribution in [2.45, 2.75) is 20.4 Å². The molecule has 2 aromatic heterocycles. The highest BCUT2D eigenvalue weighted by Gasteiger charge is 2.19. The number of nitrogens with one attached hydrogen (secondary N) is 1. The Morgan fingerprint density at radius 1 is 1.28 bits per heavy atom. The quantitative estimate of drug-likeness (QED) is 0.613. The molecule has 0 saturated heterocycles. The fourth-order valence-corrected chi connectivity index (χ4v) is 3.72. The van der Waals surface area contributed by atoms with Crippen LogP contribution < -0.4 is 5.32 Å². The second kappa shape index (κ2) is 7.41. The van der Waals surface area contributed by atoms with Gasteiger partial charge in [0, 0.05) is 15.5 Å². The van der Waals surface area contributed by atoms with Crippen LogP contribution >= 0.6 is 27.3 Å². The lowest BCUT2D eigenvalue weighted by molar-refractivity contribution is -0.116. The molecule has 3 rings (SSSR count). The van der Waals surface area contributed by atoms with Crippen LogP contribution in [-0.2, 0) is 16.1 Å². The molecule has 0 radical (unpaired) electrons. The standard InChI is InChI=1S/C18H17BrN2O3S/c1-3-24-18(23)15-9-12-6-7-25-17(12)21(15)10-16(22)20-13-4-5-14(19)11(2)8-13/h4-9H,3,10H2,1-2H3,(H,20,22). The summed E-state index contributed by atoms with van der Waals surface area (Å²) in [7, 11) is 0. The van der Waals surface area contributed by atoms with Gasteiger partial charge in [0.2, 0.25) is 5.91 Å². The highest BCUT2D eigenvalue weighted by atomic mass is 79.9. The topological polar surface area (TPSA) is 60.3 Å². The molecule has 0 fully saturated rings. The summed E-state index contributed by atoms with van der Waals surface area (Å²) in [5, 5.41) is 5.74. The van der Waals surface area contributed by atoms with Crippen LogP contribution in [0.1, 0.15) is 23.0 Å². The zero-order valence-corrected chi connectivity index (χ0v) is 16.2. The van der Waals surface area contributed by atoms with E-state index in [4.69, 9.17) is 4.74 Å². The van der Waals surface area contributed by atoms with Crippen molar-refractivity contribution in [3.05, 3.63) is 51.4 Å². The number of ether oxygens (including phenoxy) is 1. The van der Waals surface area contributed by atoms with E-state index < -0.39 is 5.97 Å². The van der Waals surface area contributed by atoms with E-state index >= 15 is 0 Å². The van der Waals surface area contributed by atoms with Gasteiger partial charge in [-0.1, -0.05) is 15.9 Å². The van der Waals surface area contributed by atoms with Crippen molar-refractivity contribution in [2.24, 2.45) is 0 Å². The minimum atomic E-state index is -0.418. The van der Waals surface area contributed by atoms with Gasteiger partial charge in [-0.05, 0) is 55.1 Å². The van der Waals surface area contributed by atoms with Crippen molar-refractivity contribution >= 4 is 55.0 Å². The van der Waals surface area contributed by atoms with Gasteiger partial charge in [-0.25, -0.2) is 4.79 Å². The molecule has 0 atom stereocenters. The molecule has 7 heteroatoms. The number of thiophene rings is 1. The van der Waals surface area contributed by atoms with Crippen molar-refractivity contribution < 1.29 is 14.3 Å². The lowest BCUT2D eigenvalue weighted by Gasteiger charge is -2.11. The number of benzene rings is 1. The Morgan fingerprint density at radius 3 is 2.80 bits per heavy atom. The van der Waals surface area contributed by atoms with E-state index in [0.29, 0.717) is 12.3 Å². The number of hydrogen-bond acceptors (Lipinski definition) is 4. The Bertz CT molecular complexity index is 945. The number of nitrogens with zero attached hydrogens (tertiary/aromatic N) is 1. The van der Waals surface area contributed by atoms with E-state index in [-0.39, 0.29) is 12.5 Å². The number of aromatic nitrogens is 1. The molecule has 0 aliphatic rings. The van der Waals surface area contributed by atoms with Crippen molar-refractivity contribution in [3.63, 3.8) is 0 Å². The number of fused-ring (bicyclic) bond motifs is 1. The molecule has 0 aliphatic carbocycles. The van der Waals surface area contributed by atoms with Gasteiger partial charge in [-0.2, -0.15) is 0 Å². The number of anilines is 1. The van der Waals surface area contributed by atoms with Crippen molar-refractivity contribution in [2.75, 3.05) is 11.9 Å². The first-order chi connectivity index (χ1) is 12.0. The summed E-state index contributed by atoms with van der Waals surface area (Å²) in [5.74, 6) is -0.614. The summed E-state index contributed by atoms with van der Waals surface area (Å²) < 4.78 is 7.80. The van der Waals surface area contributed by atoms with Crippen LogP contribution in [0.15, 0.2) is 40.2 Å². The number of carbonyl (C=O) groups is 2. The van der Waals surface area contributed by atoms with E-state index in [1.54, 1.807) is 17.6 Å². The molecular formula is C18H17BrN2O3S. The third-order valence-electron chi connectivity index (χ3n) is 3.73. The molecule has 1 aromatic carbocycles. The van der Waals surface area contributed by atoms with Gasteiger partial charge in [0.25, 0.3) is 0 Å². The number of amides is 1. The van der Waals surface area contributed by atoms with E-state index in [2.05, 4.69) is 21.2 Å².